The van der Waals surface area contributed by atoms with E-state index in [2.05, 4.69) is 142 Å². The Bertz CT molecular complexity index is 1230. The molecule has 4 N–H and O–H groups in total. The molecular weight excluding hydrogens is 615 g/mol. The van der Waals surface area contributed by atoms with Crippen molar-refractivity contribution in [3.05, 3.63) is 73.9 Å². The molecule has 0 aromatic rings. The van der Waals surface area contributed by atoms with Crippen molar-refractivity contribution in [2.45, 2.75) is 152 Å². The quantitative estimate of drug-likeness (QED) is 0.0757. The summed E-state index contributed by atoms with van der Waals surface area (Å²) >= 11 is 0. The van der Waals surface area contributed by atoms with Crippen molar-refractivity contribution >= 4 is 5.91 Å². The second-order valence-electron chi connectivity index (χ2n) is 18.3. The predicted octanol–water partition coefficient (Wildman–Crippen LogP) is 9.62. The Morgan fingerprint density at radius 2 is 1.58 bits per heavy atom. The maximum atomic E-state index is 14.4. The zero-order chi connectivity index (χ0) is 38.2. The molecule has 50 heavy (non-hydrogen) atoms. The largest absolute Gasteiger partial charge is 0.382 e. The minimum absolute atomic E-state index is 0.0147. The van der Waals surface area contributed by atoms with E-state index in [0.29, 0.717) is 24.2 Å². The van der Waals surface area contributed by atoms with Gasteiger partial charge in [0.25, 0.3) is 0 Å². The lowest BCUT2D eigenvalue weighted by Crippen LogP contribution is -2.58. The monoisotopic (exact) mass is 692 g/mol. The third-order valence-corrected chi connectivity index (χ3v) is 11.2. The summed E-state index contributed by atoms with van der Waals surface area (Å²) < 4.78 is 0. The van der Waals surface area contributed by atoms with E-state index in [4.69, 9.17) is 0 Å². The molecule has 3 rings (SSSR count). The van der Waals surface area contributed by atoms with E-state index in [1.807, 2.05) is 6.08 Å². The molecule has 0 spiro atoms. The highest BCUT2D eigenvalue weighted by Crippen LogP contribution is 2.65. The fourth-order valence-corrected chi connectivity index (χ4v) is 7.63. The molecule has 0 bridgehead atoms. The SMILES string of the molecule is C=C(C)CCCC1CC1.C=CCNC(=C)C(=C)C(CCC)NC(=C)C1[C@@H]2[C@H](CN1C(=O)C(NC(=C)N[C@H](CC)C(C)(C)C)C(C)(C)C)C2(C)C. The predicted molar refractivity (Wildman–Crippen MR) is 217 cm³/mol. The van der Waals surface area contributed by atoms with E-state index in [-0.39, 0.29) is 40.3 Å². The molecule has 3 aliphatic rings. The standard InChI is InChI=1S/C35H61N5O.C9H16/c1-16-19-27(22(4)23(5)36-20-17-2)37-24(6)30-29-26(35(29,14)15)21-40(30)32(41)31(34(11,12)13)39-25(7)38-28(18-3)33(8,9)10;1-8(2)4-3-5-9-6-7-9/h17,26-31,36-39H,2,4-7,16,18-21H2,1,3,8-15H3;9H,1,3-7H2,2H3/t26-,27?,28+,29-,30?,31?;/m0./s1. The van der Waals surface area contributed by atoms with Crippen LogP contribution in [-0.2, 0) is 4.79 Å². The van der Waals surface area contributed by atoms with Crippen molar-refractivity contribution < 1.29 is 4.79 Å². The van der Waals surface area contributed by atoms with Gasteiger partial charge in [-0.3, -0.25) is 4.79 Å². The molecule has 0 aromatic heterocycles. The minimum atomic E-state index is -0.430. The van der Waals surface area contributed by atoms with Gasteiger partial charge in [-0.2, -0.15) is 0 Å². The molecule has 0 aromatic carbocycles. The van der Waals surface area contributed by atoms with Crippen LogP contribution >= 0.6 is 0 Å². The highest BCUT2D eigenvalue weighted by Gasteiger charge is 2.68. The first-order chi connectivity index (χ1) is 23.1. The highest BCUT2D eigenvalue weighted by atomic mass is 16.2. The highest BCUT2D eigenvalue weighted by molar-refractivity contribution is 5.84. The van der Waals surface area contributed by atoms with E-state index < -0.39 is 6.04 Å². The van der Waals surface area contributed by atoms with Crippen molar-refractivity contribution in [3.8, 4) is 0 Å². The van der Waals surface area contributed by atoms with Crippen molar-refractivity contribution in [2.75, 3.05) is 13.1 Å². The molecule has 1 aliphatic heterocycles. The Balaban J connectivity index is 0.000000831. The summed E-state index contributed by atoms with van der Waals surface area (Å²) in [7, 11) is 0. The Labute approximate surface area is 308 Å². The molecule has 1 amide bonds. The van der Waals surface area contributed by atoms with Crippen LogP contribution in [0.2, 0.25) is 0 Å². The summed E-state index contributed by atoms with van der Waals surface area (Å²) in [5.74, 6) is 2.73. The van der Waals surface area contributed by atoms with Crippen molar-refractivity contribution in [1.29, 1.82) is 0 Å². The summed E-state index contributed by atoms with van der Waals surface area (Å²) in [6.45, 7) is 50.5. The number of hydrogen-bond acceptors (Lipinski definition) is 5. The van der Waals surface area contributed by atoms with Crippen LogP contribution in [0.3, 0.4) is 0 Å². The van der Waals surface area contributed by atoms with E-state index in [9.17, 15) is 4.79 Å². The molecule has 3 fully saturated rings. The van der Waals surface area contributed by atoms with Crippen LogP contribution in [0.4, 0.5) is 0 Å². The van der Waals surface area contributed by atoms with Crippen LogP contribution in [0.5, 0.6) is 0 Å². The first kappa shape index (κ1) is 43.3. The Hall–Kier alpha value is -2.89. The second kappa shape index (κ2) is 18.0. The number of likely N-dealkylation sites (tertiary alicyclic amines) is 1. The van der Waals surface area contributed by atoms with Gasteiger partial charge >= 0.3 is 0 Å². The Kier molecular flexibility index (Phi) is 15.6. The van der Waals surface area contributed by atoms with E-state index >= 15 is 0 Å². The van der Waals surface area contributed by atoms with E-state index in [1.165, 1.54) is 37.7 Å². The van der Waals surface area contributed by atoms with Crippen LogP contribution in [0.15, 0.2) is 73.9 Å². The lowest BCUT2D eigenvalue weighted by Gasteiger charge is -2.41. The summed E-state index contributed by atoms with van der Waals surface area (Å²) in [6, 6.07) is -0.288. The van der Waals surface area contributed by atoms with Crippen molar-refractivity contribution in [2.24, 2.45) is 34.0 Å². The number of fused-ring (bicyclic) bond motifs is 1. The number of carbonyl (C=O) groups excluding carboxylic acids is 1. The maximum absolute atomic E-state index is 14.4. The first-order valence-electron chi connectivity index (χ1n) is 19.5. The number of allylic oxidation sites excluding steroid dienone is 1. The van der Waals surface area contributed by atoms with E-state index in [1.54, 1.807) is 0 Å². The number of nitrogens with one attached hydrogen (secondary N) is 4. The third kappa shape index (κ3) is 12.1. The van der Waals surface area contributed by atoms with Gasteiger partial charge in [-0.25, -0.2) is 0 Å². The maximum Gasteiger partial charge on any atom is 0.246 e. The number of carbonyl (C=O) groups is 1. The molecule has 2 aliphatic carbocycles. The molecular formula is C44H77N5O. The number of amides is 1. The Morgan fingerprint density at radius 1 is 0.960 bits per heavy atom. The lowest BCUT2D eigenvalue weighted by atomic mass is 9.84. The zero-order valence-corrected chi connectivity index (χ0v) is 34.3. The van der Waals surface area contributed by atoms with Crippen LogP contribution < -0.4 is 21.3 Å². The molecule has 0 radical (unpaired) electrons. The van der Waals surface area contributed by atoms with Gasteiger partial charge in [0.05, 0.1) is 17.9 Å². The second-order valence-corrected chi connectivity index (χ2v) is 18.3. The average molecular weight is 692 g/mol. The third-order valence-electron chi connectivity index (χ3n) is 11.2. The van der Waals surface area contributed by atoms with Gasteiger partial charge in [0, 0.05) is 30.5 Å². The molecule has 2 saturated carbocycles. The zero-order valence-electron chi connectivity index (χ0n) is 34.3. The van der Waals surface area contributed by atoms with E-state index in [0.717, 1.165) is 48.7 Å². The van der Waals surface area contributed by atoms with Gasteiger partial charge in [0.1, 0.15) is 6.04 Å². The first-order valence-corrected chi connectivity index (χ1v) is 19.5. The van der Waals surface area contributed by atoms with Crippen LogP contribution in [-0.4, -0.2) is 48.1 Å². The molecule has 1 saturated heterocycles. The van der Waals surface area contributed by atoms with Crippen molar-refractivity contribution in [1.82, 2.24) is 26.2 Å². The summed E-state index contributed by atoms with van der Waals surface area (Å²) in [6.07, 6.45) is 11.7. The van der Waals surface area contributed by atoms with Gasteiger partial charge in [0.2, 0.25) is 5.91 Å². The number of rotatable bonds is 20. The fourth-order valence-electron chi connectivity index (χ4n) is 7.63. The number of piperidine rings is 1. The molecule has 6 heteroatoms. The summed E-state index contributed by atoms with van der Waals surface area (Å²) in [5, 5.41) is 14.0. The molecule has 3 unspecified atom stereocenters. The van der Waals surface area contributed by atoms with Crippen LogP contribution in [0, 0.1) is 34.0 Å². The van der Waals surface area contributed by atoms with Gasteiger partial charge in [-0.1, -0.05) is 133 Å². The number of nitrogens with zero attached hydrogens (tertiary/aromatic N) is 1. The van der Waals surface area contributed by atoms with Gasteiger partial charge in [-0.15, -0.1) is 13.2 Å². The fraction of sp³-hybridized carbons (Fsp3) is 0.705. The normalized spacial score (nSPS) is 22.4. The van der Waals surface area contributed by atoms with Crippen LogP contribution in [0.1, 0.15) is 128 Å². The minimum Gasteiger partial charge on any atom is -0.382 e. The van der Waals surface area contributed by atoms with Crippen LogP contribution in [0.25, 0.3) is 0 Å². The Morgan fingerprint density at radius 3 is 2.06 bits per heavy atom. The average Bonchev–Trinajstić information content (AvgIpc) is 3.87. The van der Waals surface area contributed by atoms with Gasteiger partial charge < -0.3 is 26.2 Å². The van der Waals surface area contributed by atoms with Gasteiger partial charge in [-0.05, 0) is 72.2 Å². The smallest absolute Gasteiger partial charge is 0.246 e. The number of hydrogen-bond donors (Lipinski definition) is 4. The topological polar surface area (TPSA) is 68.4 Å². The molecule has 1 heterocycles. The molecule has 284 valence electrons. The van der Waals surface area contributed by atoms with Crippen molar-refractivity contribution in [3.63, 3.8) is 0 Å². The molecule has 6 nitrogen and oxygen atoms in total. The lowest BCUT2D eigenvalue weighted by molar-refractivity contribution is -0.137. The summed E-state index contributed by atoms with van der Waals surface area (Å²) in [5.41, 5.74) is 3.87. The summed E-state index contributed by atoms with van der Waals surface area (Å²) in [4.78, 5) is 16.5. The molecule has 6 atom stereocenters. The van der Waals surface area contributed by atoms with Gasteiger partial charge in [0.15, 0.2) is 0 Å².